The Balaban J connectivity index is -0.000000238. The molecule has 0 atom stereocenters. The van der Waals surface area contributed by atoms with Crippen molar-refractivity contribution >= 4 is 26.6 Å². The van der Waals surface area contributed by atoms with Gasteiger partial charge in [0.05, 0.1) is 0 Å². The Bertz CT molecular complexity index is 323. The van der Waals surface area contributed by atoms with Gasteiger partial charge in [-0.3, -0.25) is 4.55 Å². The summed E-state index contributed by atoms with van der Waals surface area (Å²) in [4.78, 5) is 0. The van der Waals surface area contributed by atoms with E-state index in [0.29, 0.717) is 0 Å². The van der Waals surface area contributed by atoms with E-state index in [1.807, 2.05) is 0 Å². The molecule has 0 saturated heterocycles. The Labute approximate surface area is 151 Å². The number of rotatable bonds is 2. The van der Waals surface area contributed by atoms with E-state index < -0.39 is 32.1 Å². The summed E-state index contributed by atoms with van der Waals surface area (Å²) in [5, 5.41) is 0. The molecule has 0 heterocycles. The average Bonchev–Trinajstić information content (AvgIpc) is 1.71. The fourth-order valence-corrected chi connectivity index (χ4v) is 9.06. The Kier molecular flexibility index (Phi) is 11.3. The van der Waals surface area contributed by atoms with Crippen LogP contribution in [0.1, 0.15) is 0 Å². The van der Waals surface area contributed by atoms with E-state index in [1.165, 1.54) is 0 Å². The van der Waals surface area contributed by atoms with Crippen LogP contribution in [0.5, 0.6) is 0 Å². The van der Waals surface area contributed by atoms with Crippen LogP contribution in [-0.2, 0) is 10.1 Å². The fourth-order valence-electron chi connectivity index (χ4n) is 1.01. The van der Waals surface area contributed by atoms with Crippen LogP contribution in [0.3, 0.4) is 0 Å². The second-order valence-electron chi connectivity index (χ2n) is 5.37. The van der Waals surface area contributed by atoms with Crippen molar-refractivity contribution in [3.05, 3.63) is 4.65 Å². The first-order valence-corrected chi connectivity index (χ1v) is 13.1. The van der Waals surface area contributed by atoms with Gasteiger partial charge in [-0.2, -0.15) is 21.6 Å². The molecule has 0 aromatic carbocycles. The number of alkyl halides is 3. The van der Waals surface area contributed by atoms with E-state index >= 15 is 0 Å². The number of nitrogens with zero attached hydrogens (tertiary/aromatic N) is 1. The van der Waals surface area contributed by atoms with E-state index in [1.54, 1.807) is 0 Å². The van der Waals surface area contributed by atoms with Crippen molar-refractivity contribution in [2.24, 2.45) is 0 Å². The molecule has 0 aromatic rings. The van der Waals surface area contributed by atoms with Gasteiger partial charge in [-0.1, -0.05) is 55.8 Å². The van der Waals surface area contributed by atoms with Gasteiger partial charge in [0.15, 0.2) is 0 Å². The second kappa shape index (κ2) is 8.24. The van der Waals surface area contributed by atoms with Crippen molar-refractivity contribution in [1.29, 1.82) is 0 Å². The number of halogens is 3. The molecule has 0 aliphatic rings. The van der Waals surface area contributed by atoms with Crippen molar-refractivity contribution < 1.29 is 77.5 Å². The molecule has 0 fully saturated rings. The van der Waals surface area contributed by atoms with Gasteiger partial charge in [0.25, 0.3) is 0 Å². The number of hydrogen-bond donors (Lipinski definition) is 1. The molecule has 4 nitrogen and oxygen atoms in total. The van der Waals surface area contributed by atoms with Crippen LogP contribution in [0.15, 0.2) is 0 Å². The molecule has 1 N–H and O–H groups in total. The van der Waals surface area contributed by atoms with Gasteiger partial charge in [-0.05, 0) is 0 Å². The van der Waals surface area contributed by atoms with Gasteiger partial charge < -0.3 is 4.65 Å². The van der Waals surface area contributed by atoms with Gasteiger partial charge in [-0.15, -0.1) is 0 Å². The number of hydrogen-bond acceptors (Lipinski definition) is 2. The molecule has 0 spiro atoms. The summed E-state index contributed by atoms with van der Waals surface area (Å²) in [5.74, 6) is 0. The molecule has 0 amide bonds. The van der Waals surface area contributed by atoms with E-state index in [9.17, 15) is 13.2 Å². The molecule has 0 aliphatic carbocycles. The molecular formula is C7H19F3KNO3SSi2. The van der Waals surface area contributed by atoms with Crippen LogP contribution in [0.25, 0.3) is 4.65 Å². The summed E-state index contributed by atoms with van der Waals surface area (Å²) in [6.45, 7) is 13.8. The van der Waals surface area contributed by atoms with Crippen molar-refractivity contribution in [3.8, 4) is 0 Å². The van der Waals surface area contributed by atoms with Gasteiger partial charge in [0.1, 0.15) is 0 Å². The topological polar surface area (TPSA) is 68.5 Å². The van der Waals surface area contributed by atoms with E-state index in [-0.39, 0.29) is 51.4 Å². The molecule has 0 aromatic heterocycles. The van der Waals surface area contributed by atoms with Crippen LogP contribution in [0.4, 0.5) is 13.2 Å². The SMILES string of the molecule is C[Si](C)(C)[N-][Si](C)(C)C.O=S(=O)(O)C(F)(F)F.[K+]. The van der Waals surface area contributed by atoms with Crippen molar-refractivity contribution in [3.63, 3.8) is 0 Å². The predicted octanol–water partition coefficient (Wildman–Crippen LogP) is 0.428. The van der Waals surface area contributed by atoms with Crippen LogP contribution in [0.2, 0.25) is 39.3 Å². The molecule has 0 radical (unpaired) electrons. The standard InChI is InChI=1S/C6H18NSi2.CHF3O3S.K/c1-8(2,3)7-9(4,5)6;2-1(3,4)8(5,6)7;/h1-6H3;(H,5,6,7);/q-1;;+1. The Morgan fingerprint density at radius 1 is 0.944 bits per heavy atom. The molecule has 0 bridgehead atoms. The first-order chi connectivity index (χ1) is 6.96. The zero-order valence-electron chi connectivity index (χ0n) is 11.8. The van der Waals surface area contributed by atoms with Crippen LogP contribution >= 0.6 is 0 Å². The molecular weight excluding hydrogens is 330 g/mol. The van der Waals surface area contributed by atoms with Gasteiger partial charge >= 0.3 is 67.0 Å². The van der Waals surface area contributed by atoms with Crippen molar-refractivity contribution in [1.82, 2.24) is 0 Å². The fraction of sp³-hybridized carbons (Fsp3) is 1.00. The van der Waals surface area contributed by atoms with Gasteiger partial charge in [-0.25, -0.2) is 0 Å². The molecule has 0 aliphatic heterocycles. The second-order valence-corrected chi connectivity index (χ2v) is 16.4. The van der Waals surface area contributed by atoms with E-state index in [0.717, 1.165) is 0 Å². The summed E-state index contributed by atoms with van der Waals surface area (Å²) >= 11 is 0. The zero-order chi connectivity index (χ0) is 14.7. The smallest absolute Gasteiger partial charge is 0.668 e. The van der Waals surface area contributed by atoms with Crippen LogP contribution in [-0.4, -0.2) is 34.9 Å². The molecule has 0 rings (SSSR count). The monoisotopic (exact) mass is 349 g/mol. The van der Waals surface area contributed by atoms with Crippen LogP contribution in [0, 0.1) is 0 Å². The normalized spacial score (nSPS) is 13.2. The van der Waals surface area contributed by atoms with Gasteiger partial charge in [0, 0.05) is 0 Å². The summed E-state index contributed by atoms with van der Waals surface area (Å²) in [6, 6.07) is 0. The summed E-state index contributed by atoms with van der Waals surface area (Å²) in [6.07, 6.45) is 0. The maximum Gasteiger partial charge on any atom is 1.00 e. The summed E-state index contributed by atoms with van der Waals surface area (Å²) in [7, 11) is -8.05. The first-order valence-electron chi connectivity index (χ1n) is 4.73. The minimum atomic E-state index is -5.84. The maximum absolute atomic E-state index is 10.7. The third-order valence-corrected chi connectivity index (χ3v) is 6.91. The van der Waals surface area contributed by atoms with Crippen molar-refractivity contribution in [2.75, 3.05) is 0 Å². The molecule has 106 valence electrons. The van der Waals surface area contributed by atoms with E-state index in [2.05, 4.69) is 39.3 Å². The predicted molar refractivity (Wildman–Crippen MR) is 67.7 cm³/mol. The Morgan fingerprint density at radius 2 is 1.11 bits per heavy atom. The molecule has 18 heavy (non-hydrogen) atoms. The average molecular weight is 350 g/mol. The zero-order valence-corrected chi connectivity index (χ0v) is 17.7. The minimum Gasteiger partial charge on any atom is -0.668 e. The molecule has 0 unspecified atom stereocenters. The quantitative estimate of drug-likeness (QED) is 0.446. The molecule has 0 saturated carbocycles. The largest absolute Gasteiger partial charge is 1.00 e. The maximum atomic E-state index is 10.7. The van der Waals surface area contributed by atoms with Crippen LogP contribution < -0.4 is 51.4 Å². The minimum absolute atomic E-state index is 0. The first kappa shape index (κ1) is 24.7. The van der Waals surface area contributed by atoms with E-state index in [4.69, 9.17) is 17.6 Å². The third kappa shape index (κ3) is 17.7. The Hall–Kier alpha value is 1.73. The Morgan fingerprint density at radius 3 is 1.11 bits per heavy atom. The summed E-state index contributed by atoms with van der Waals surface area (Å²) < 4.78 is 62.4. The van der Waals surface area contributed by atoms with Crippen molar-refractivity contribution in [2.45, 2.75) is 44.8 Å². The summed E-state index contributed by atoms with van der Waals surface area (Å²) in [5.41, 5.74) is -5.53. The van der Waals surface area contributed by atoms with Gasteiger partial charge in [0.2, 0.25) is 0 Å². The molecule has 11 heteroatoms. The third-order valence-electron chi connectivity index (χ3n) is 0.963.